The molecule has 0 bridgehead atoms. The minimum absolute atomic E-state index is 0.00104. The Morgan fingerprint density at radius 1 is 0.481 bits per heavy atom. The first-order chi connectivity index (χ1) is 38.3. The standard InChI is InChI=1S/C18H15ClF2O5S2.C18H15ClF2O4S2.C18H15ClF2O3S2/c19-11-2-4-12(5-3-11)28(24,25)18-8-1-9-27(22,23)15(18)10-26-17-14(21)7-6-13(20)16(17)18;19-11-2-4-12(5-3-11)27(23,24)18-8-1-9-26(22)15(18)10-25-17-14(21)7-6-13(20)16(17)18;19-11-2-4-12(5-3-11)26(22,23)18-8-1-9-25-15(18)10-24-17-14(21)7-6-13(20)16(17)18/h2-7,15H,1,8-10H2;2-7,15H,1,8-10H2;2-7,15H,1,8-10H2/t15-,18+;15-,18+,26?;15-,18+/m111/s1. The van der Waals surface area contributed by atoms with Crippen molar-refractivity contribution in [3.05, 3.63) is 176 Å². The molecule has 81 heavy (non-hydrogen) atoms. The molecule has 0 aliphatic carbocycles. The van der Waals surface area contributed by atoms with Gasteiger partial charge in [0.2, 0.25) is 0 Å². The molecule has 0 radical (unpaired) electrons. The van der Waals surface area contributed by atoms with Crippen LogP contribution in [0, 0.1) is 34.9 Å². The summed E-state index contributed by atoms with van der Waals surface area (Å²) < 4.78 is 219. The third-order valence-corrected chi connectivity index (χ3v) is 30.0. The predicted octanol–water partition coefficient (Wildman–Crippen LogP) is 11.4. The predicted molar refractivity (Wildman–Crippen MR) is 295 cm³/mol. The first-order valence-corrected chi connectivity index (χ1v) is 34.6. The first kappa shape index (κ1) is 59.6. The van der Waals surface area contributed by atoms with Gasteiger partial charge in [-0.15, -0.1) is 0 Å². The van der Waals surface area contributed by atoms with Crippen LogP contribution in [-0.4, -0.2) is 90.7 Å². The average molecular weight is 1300 g/mol. The van der Waals surface area contributed by atoms with Crippen molar-refractivity contribution in [1.29, 1.82) is 0 Å². The molecule has 6 aromatic rings. The summed E-state index contributed by atoms with van der Waals surface area (Å²) in [5.41, 5.74) is -1.10. The summed E-state index contributed by atoms with van der Waals surface area (Å²) in [6.45, 7) is -0.805. The maximum Gasteiger partial charge on any atom is 0.189 e. The Balaban J connectivity index is 0.000000136. The topological polar surface area (TPSA) is 181 Å². The summed E-state index contributed by atoms with van der Waals surface area (Å²) in [6, 6.07) is 21.8. The normalized spacial score (nSPS) is 26.2. The van der Waals surface area contributed by atoms with E-state index in [-0.39, 0.29) is 87.0 Å². The Labute approximate surface area is 485 Å². The van der Waals surface area contributed by atoms with Crippen molar-refractivity contribution < 1.29 is 78.4 Å². The van der Waals surface area contributed by atoms with Crippen LogP contribution in [0.4, 0.5) is 26.3 Å². The number of hydrogen-bond acceptors (Lipinski definition) is 13. The Bertz CT molecular complexity index is 3980. The van der Waals surface area contributed by atoms with Crippen molar-refractivity contribution >= 4 is 96.7 Å². The van der Waals surface area contributed by atoms with Crippen LogP contribution in [0.15, 0.2) is 124 Å². The van der Waals surface area contributed by atoms with Crippen molar-refractivity contribution in [3.63, 3.8) is 0 Å². The lowest BCUT2D eigenvalue weighted by Crippen LogP contribution is -2.59. The van der Waals surface area contributed by atoms with Crippen molar-refractivity contribution in [3.8, 4) is 17.2 Å². The maximum absolute atomic E-state index is 14.9. The van der Waals surface area contributed by atoms with Gasteiger partial charge in [0.25, 0.3) is 0 Å². The van der Waals surface area contributed by atoms with Crippen LogP contribution in [0.5, 0.6) is 17.2 Å². The quantitative estimate of drug-likeness (QED) is 0.144. The van der Waals surface area contributed by atoms with Crippen LogP contribution in [0.25, 0.3) is 0 Å². The molecule has 432 valence electrons. The van der Waals surface area contributed by atoms with E-state index in [4.69, 9.17) is 49.0 Å². The Morgan fingerprint density at radius 2 is 0.852 bits per heavy atom. The minimum atomic E-state index is -4.45. The lowest BCUT2D eigenvalue weighted by atomic mass is 9.86. The van der Waals surface area contributed by atoms with Gasteiger partial charge < -0.3 is 14.2 Å². The fourth-order valence-corrected chi connectivity index (χ4v) is 25.8. The van der Waals surface area contributed by atoms with E-state index >= 15 is 0 Å². The molecule has 0 saturated carbocycles. The van der Waals surface area contributed by atoms with E-state index in [1.165, 1.54) is 84.6 Å². The minimum Gasteiger partial charge on any atom is -0.489 e. The smallest absolute Gasteiger partial charge is 0.189 e. The first-order valence-electron chi connectivity index (χ1n) is 24.8. The molecule has 0 N–H and O–H groups in total. The number of rotatable bonds is 6. The molecule has 0 amide bonds. The molecule has 0 aromatic heterocycles. The van der Waals surface area contributed by atoms with Crippen LogP contribution in [0.2, 0.25) is 15.1 Å². The monoisotopic (exact) mass is 1300 g/mol. The zero-order valence-corrected chi connectivity index (χ0v) is 49.0. The molecule has 0 spiro atoms. The number of sulfone groups is 4. The number of benzene rings is 6. The van der Waals surface area contributed by atoms with Gasteiger partial charge in [0.05, 0.1) is 47.6 Å². The van der Waals surface area contributed by atoms with E-state index in [2.05, 4.69) is 0 Å². The Kier molecular flexibility index (Phi) is 16.3. The second-order valence-electron chi connectivity index (χ2n) is 19.8. The zero-order valence-electron chi connectivity index (χ0n) is 41.9. The molecule has 3 fully saturated rings. The van der Waals surface area contributed by atoms with Crippen LogP contribution in [0.3, 0.4) is 0 Å². The SMILES string of the molecule is O=S(=O)(c1ccc(Cl)cc1)[C@@]12CCCS[C@@H]1COc1c(F)ccc(F)c12.O=S1(=O)CCC[C@@]2(S(=O)(=O)c3ccc(Cl)cc3)c3c(F)ccc(F)c3OC[C@H]21.O=S1CCC[C@@]2(S(=O)(=O)c3ccc(Cl)cc3)c3c(F)ccc(F)c3OC[C@@H]12. The van der Waals surface area contributed by atoms with Gasteiger partial charge in [0.1, 0.15) is 56.8 Å². The molecule has 6 aromatic carbocycles. The highest BCUT2D eigenvalue weighted by Gasteiger charge is 2.65. The lowest BCUT2D eigenvalue weighted by Gasteiger charge is -2.46. The Hall–Kier alpha value is -4.53. The van der Waals surface area contributed by atoms with E-state index < -0.39 is 139 Å². The largest absolute Gasteiger partial charge is 0.489 e. The second kappa shape index (κ2) is 22.1. The van der Waals surface area contributed by atoms with Gasteiger partial charge in [0, 0.05) is 31.6 Å². The highest BCUT2D eigenvalue weighted by atomic mass is 35.5. The third-order valence-electron chi connectivity index (χ3n) is 15.6. The van der Waals surface area contributed by atoms with E-state index in [0.717, 1.165) is 42.2 Å². The molecule has 3 saturated heterocycles. The highest BCUT2D eigenvalue weighted by Crippen LogP contribution is 2.58. The molecule has 1 unspecified atom stereocenters. The molecule has 6 heterocycles. The number of ether oxygens (including phenoxy) is 3. The van der Waals surface area contributed by atoms with Gasteiger partial charge >= 0.3 is 0 Å². The summed E-state index contributed by atoms with van der Waals surface area (Å²) in [5, 5.41) is -2.01. The fraction of sp³-hybridized carbons (Fsp3) is 0.333. The van der Waals surface area contributed by atoms with Crippen LogP contribution >= 0.6 is 46.6 Å². The number of halogens is 9. The molecule has 27 heteroatoms. The van der Waals surface area contributed by atoms with Crippen LogP contribution in [-0.2, 0) is 64.4 Å². The highest BCUT2D eigenvalue weighted by molar-refractivity contribution is 8.01. The molecular formula is C54H45Cl3F6O12S6. The van der Waals surface area contributed by atoms with E-state index in [9.17, 15) is 64.2 Å². The van der Waals surface area contributed by atoms with Crippen molar-refractivity contribution in [1.82, 2.24) is 0 Å². The van der Waals surface area contributed by atoms with Crippen molar-refractivity contribution in [2.24, 2.45) is 0 Å². The fourth-order valence-electron chi connectivity index (χ4n) is 11.9. The summed E-state index contributed by atoms with van der Waals surface area (Å²) in [6.07, 6.45) is 0.978. The summed E-state index contributed by atoms with van der Waals surface area (Å²) in [5.74, 6) is -5.65. The maximum atomic E-state index is 14.9. The van der Waals surface area contributed by atoms with Gasteiger partial charge in [-0.05, 0) is 153 Å². The molecule has 6 aliphatic heterocycles. The average Bonchev–Trinajstić information content (AvgIpc) is 3.16. The summed E-state index contributed by atoms with van der Waals surface area (Å²) in [4.78, 5) is -0.242. The van der Waals surface area contributed by atoms with Gasteiger partial charge in [-0.3, -0.25) is 4.21 Å². The van der Waals surface area contributed by atoms with Gasteiger partial charge in [-0.2, -0.15) is 11.8 Å². The van der Waals surface area contributed by atoms with Crippen LogP contribution in [0.1, 0.15) is 55.2 Å². The molecular weight excluding hydrogens is 1250 g/mol. The lowest BCUT2D eigenvalue weighted by molar-refractivity contribution is 0.224. The second-order valence-corrected chi connectivity index (χ2v) is 33.1. The van der Waals surface area contributed by atoms with E-state index in [0.29, 0.717) is 22.9 Å². The number of fused-ring (bicyclic) bond motifs is 9. The number of hydrogen-bond donors (Lipinski definition) is 0. The van der Waals surface area contributed by atoms with Gasteiger partial charge in [-0.25, -0.2) is 60.0 Å². The van der Waals surface area contributed by atoms with Crippen LogP contribution < -0.4 is 14.2 Å². The zero-order chi connectivity index (χ0) is 58.2. The molecule has 12 rings (SSSR count). The Morgan fingerprint density at radius 3 is 1.33 bits per heavy atom. The van der Waals surface area contributed by atoms with Crippen molar-refractivity contribution in [2.75, 3.05) is 37.1 Å². The number of thioether (sulfide) groups is 1. The molecule has 12 nitrogen and oxygen atoms in total. The third kappa shape index (κ3) is 9.65. The molecule has 6 aliphatic rings. The van der Waals surface area contributed by atoms with E-state index in [1.807, 2.05) is 0 Å². The summed E-state index contributed by atoms with van der Waals surface area (Å²) >= 11 is 19.0. The molecule has 7 atom stereocenters. The van der Waals surface area contributed by atoms with Gasteiger partial charge in [0.15, 0.2) is 74.0 Å². The van der Waals surface area contributed by atoms with E-state index in [1.54, 1.807) is 0 Å². The van der Waals surface area contributed by atoms with Crippen molar-refractivity contribution in [2.45, 2.75) is 83.2 Å². The summed E-state index contributed by atoms with van der Waals surface area (Å²) in [7, 11) is -18.2. The van der Waals surface area contributed by atoms with Gasteiger partial charge in [-0.1, -0.05) is 34.8 Å².